The molecule has 3 heterocycles. The molecule has 7 nitrogen and oxygen atoms in total. The fourth-order valence-electron chi connectivity index (χ4n) is 4.66. The van der Waals surface area contributed by atoms with Crippen molar-refractivity contribution in [3.8, 4) is 0 Å². The Labute approximate surface area is 207 Å². The molecular formula is C26H26ClFN4O3. The van der Waals surface area contributed by atoms with E-state index in [1.165, 1.54) is 12.1 Å². The second-order valence-electron chi connectivity index (χ2n) is 8.96. The molecule has 1 fully saturated rings. The smallest absolute Gasteiger partial charge is 0.274 e. The number of fused-ring (bicyclic) bond motifs is 1. The number of ether oxygens (including phenoxy) is 1. The minimum atomic E-state index is -0.289. The summed E-state index contributed by atoms with van der Waals surface area (Å²) in [5.74, 6) is -0.561. The molecule has 2 aliphatic rings. The molecule has 0 bridgehead atoms. The lowest BCUT2D eigenvalue weighted by atomic mass is 9.95. The number of benzene rings is 2. The molecule has 1 atom stereocenters. The molecule has 5 rings (SSSR count). The van der Waals surface area contributed by atoms with E-state index in [1.54, 1.807) is 29.4 Å². The van der Waals surface area contributed by atoms with Crippen LogP contribution < -0.4 is 5.32 Å². The molecule has 2 aliphatic heterocycles. The van der Waals surface area contributed by atoms with Gasteiger partial charge in [0.25, 0.3) is 5.91 Å². The van der Waals surface area contributed by atoms with E-state index in [9.17, 15) is 14.0 Å². The Kier molecular flexibility index (Phi) is 6.83. The quantitative estimate of drug-likeness (QED) is 0.576. The maximum Gasteiger partial charge on any atom is 0.274 e. The first kappa shape index (κ1) is 23.5. The van der Waals surface area contributed by atoms with Gasteiger partial charge in [0.05, 0.1) is 25.2 Å². The molecule has 1 N–H and O–H groups in total. The highest BCUT2D eigenvalue weighted by Gasteiger charge is 2.32. The zero-order valence-electron chi connectivity index (χ0n) is 19.1. The SMILES string of the molecule is O=C(NCc1cccc(Cl)c1)C1CCN(C(=O)c2ncn3c2COC(c2ccc(F)cc2)C3)CC1. The number of hydrogen-bond donors (Lipinski definition) is 1. The van der Waals surface area contributed by atoms with Crippen molar-refractivity contribution in [2.45, 2.75) is 38.6 Å². The van der Waals surface area contributed by atoms with E-state index in [0.717, 1.165) is 16.8 Å². The molecular weight excluding hydrogens is 471 g/mol. The molecule has 3 aromatic rings. The van der Waals surface area contributed by atoms with Crippen molar-refractivity contribution in [3.63, 3.8) is 0 Å². The zero-order chi connectivity index (χ0) is 24.4. The van der Waals surface area contributed by atoms with Crippen LogP contribution in [-0.2, 0) is 29.2 Å². The summed E-state index contributed by atoms with van der Waals surface area (Å²) in [5, 5.41) is 3.62. The molecule has 1 saturated heterocycles. The van der Waals surface area contributed by atoms with Crippen molar-refractivity contribution >= 4 is 23.4 Å². The second-order valence-corrected chi connectivity index (χ2v) is 9.39. The number of piperidine rings is 1. The van der Waals surface area contributed by atoms with Gasteiger partial charge in [0.15, 0.2) is 5.69 Å². The maximum atomic E-state index is 13.2. The molecule has 35 heavy (non-hydrogen) atoms. The summed E-state index contributed by atoms with van der Waals surface area (Å²) in [5.41, 5.74) is 2.97. The summed E-state index contributed by atoms with van der Waals surface area (Å²) in [4.78, 5) is 31.9. The van der Waals surface area contributed by atoms with Crippen LogP contribution in [0.5, 0.6) is 0 Å². The van der Waals surface area contributed by atoms with Crippen molar-refractivity contribution in [1.29, 1.82) is 0 Å². The number of carbonyl (C=O) groups excluding carboxylic acids is 2. The Balaban J connectivity index is 1.15. The summed E-state index contributed by atoms with van der Waals surface area (Å²) in [6, 6.07) is 13.7. The van der Waals surface area contributed by atoms with Gasteiger partial charge in [-0.1, -0.05) is 35.9 Å². The summed E-state index contributed by atoms with van der Waals surface area (Å²) >= 11 is 6.00. The molecule has 182 valence electrons. The lowest BCUT2D eigenvalue weighted by Crippen LogP contribution is -2.43. The average Bonchev–Trinajstić information content (AvgIpc) is 3.31. The first-order valence-electron chi connectivity index (χ1n) is 11.7. The monoisotopic (exact) mass is 496 g/mol. The van der Waals surface area contributed by atoms with Gasteiger partial charge in [-0.25, -0.2) is 9.37 Å². The number of carbonyl (C=O) groups is 2. The third-order valence-corrected chi connectivity index (χ3v) is 6.92. The van der Waals surface area contributed by atoms with E-state index < -0.39 is 0 Å². The fraction of sp³-hybridized carbons (Fsp3) is 0.346. The third kappa shape index (κ3) is 5.23. The first-order chi connectivity index (χ1) is 17.0. The fourth-order valence-corrected chi connectivity index (χ4v) is 4.87. The maximum absolute atomic E-state index is 13.2. The third-order valence-electron chi connectivity index (χ3n) is 6.68. The minimum absolute atomic E-state index is 0.00307. The van der Waals surface area contributed by atoms with E-state index >= 15 is 0 Å². The Hall–Kier alpha value is -3.23. The van der Waals surface area contributed by atoms with E-state index in [0.29, 0.717) is 49.7 Å². The van der Waals surface area contributed by atoms with Gasteiger partial charge < -0.3 is 19.5 Å². The van der Waals surface area contributed by atoms with Crippen molar-refractivity contribution in [2.24, 2.45) is 5.92 Å². The topological polar surface area (TPSA) is 76.5 Å². The second kappa shape index (κ2) is 10.2. The van der Waals surface area contributed by atoms with Crippen LogP contribution in [0.25, 0.3) is 0 Å². The summed E-state index contributed by atoms with van der Waals surface area (Å²) in [7, 11) is 0. The van der Waals surface area contributed by atoms with Crippen LogP contribution in [0.2, 0.25) is 5.02 Å². The van der Waals surface area contributed by atoms with Crippen LogP contribution in [0.3, 0.4) is 0 Å². The highest BCUT2D eigenvalue weighted by molar-refractivity contribution is 6.30. The van der Waals surface area contributed by atoms with E-state index in [4.69, 9.17) is 16.3 Å². The van der Waals surface area contributed by atoms with Crippen LogP contribution in [0.15, 0.2) is 54.9 Å². The number of aromatic nitrogens is 2. The van der Waals surface area contributed by atoms with Crippen LogP contribution in [-0.4, -0.2) is 39.4 Å². The standard InChI is InChI=1S/C26H26ClFN4O3/c27-20-3-1-2-17(12-20)13-29-25(33)19-8-10-31(11-9-19)26(34)24-22-15-35-23(14-32(22)16-30-24)18-4-6-21(28)7-5-18/h1-7,12,16,19,23H,8-11,13-15H2,(H,29,33). The highest BCUT2D eigenvalue weighted by Crippen LogP contribution is 2.29. The van der Waals surface area contributed by atoms with E-state index in [2.05, 4.69) is 10.3 Å². The molecule has 1 unspecified atom stereocenters. The number of imidazole rings is 1. The molecule has 0 aliphatic carbocycles. The molecule has 2 aromatic carbocycles. The van der Waals surface area contributed by atoms with Gasteiger partial charge in [-0.05, 0) is 48.2 Å². The van der Waals surface area contributed by atoms with Gasteiger partial charge in [-0.15, -0.1) is 0 Å². The molecule has 0 radical (unpaired) electrons. The lowest BCUT2D eigenvalue weighted by Gasteiger charge is -2.31. The predicted molar refractivity (Wildman–Crippen MR) is 128 cm³/mol. The van der Waals surface area contributed by atoms with Crippen LogP contribution in [0.1, 0.15) is 46.3 Å². The number of rotatable bonds is 5. The van der Waals surface area contributed by atoms with Crippen molar-refractivity contribution < 1.29 is 18.7 Å². The summed E-state index contributed by atoms with van der Waals surface area (Å²) in [6.45, 7) is 2.19. The van der Waals surface area contributed by atoms with Gasteiger partial charge in [-0.3, -0.25) is 9.59 Å². The largest absolute Gasteiger partial charge is 0.365 e. The van der Waals surface area contributed by atoms with Crippen LogP contribution in [0.4, 0.5) is 4.39 Å². The number of amides is 2. The average molecular weight is 497 g/mol. The molecule has 0 saturated carbocycles. The van der Waals surface area contributed by atoms with Crippen molar-refractivity contribution in [3.05, 3.63) is 88.2 Å². The Morgan fingerprint density at radius 1 is 1.14 bits per heavy atom. The first-order valence-corrected chi connectivity index (χ1v) is 12.1. The number of likely N-dealkylation sites (tertiary alicyclic amines) is 1. The number of nitrogens with zero attached hydrogens (tertiary/aromatic N) is 3. The Bertz CT molecular complexity index is 1220. The van der Waals surface area contributed by atoms with Gasteiger partial charge >= 0.3 is 0 Å². The number of hydrogen-bond acceptors (Lipinski definition) is 4. The zero-order valence-corrected chi connectivity index (χ0v) is 19.9. The lowest BCUT2D eigenvalue weighted by molar-refractivity contribution is -0.126. The number of nitrogens with one attached hydrogen (secondary N) is 1. The molecule has 9 heteroatoms. The molecule has 0 spiro atoms. The van der Waals surface area contributed by atoms with Crippen LogP contribution >= 0.6 is 11.6 Å². The Morgan fingerprint density at radius 3 is 2.66 bits per heavy atom. The van der Waals surface area contributed by atoms with Crippen LogP contribution in [0, 0.1) is 11.7 Å². The summed E-state index contributed by atoms with van der Waals surface area (Å²) in [6.07, 6.45) is 2.65. The van der Waals surface area contributed by atoms with Gasteiger partial charge in [0.1, 0.15) is 11.9 Å². The summed E-state index contributed by atoms with van der Waals surface area (Å²) < 4.78 is 21.1. The van der Waals surface area contributed by atoms with E-state index in [-0.39, 0.29) is 36.3 Å². The number of halogens is 2. The molecule has 1 aromatic heterocycles. The predicted octanol–water partition coefficient (Wildman–Crippen LogP) is 4.12. The normalized spacial score (nSPS) is 18.2. The van der Waals surface area contributed by atoms with Crippen molar-refractivity contribution in [1.82, 2.24) is 19.8 Å². The van der Waals surface area contributed by atoms with Gasteiger partial charge in [0, 0.05) is 30.6 Å². The molecule has 2 amide bonds. The van der Waals surface area contributed by atoms with Crippen molar-refractivity contribution in [2.75, 3.05) is 13.1 Å². The van der Waals surface area contributed by atoms with E-state index in [1.807, 2.05) is 22.8 Å². The van der Waals surface area contributed by atoms with Gasteiger partial charge in [0.2, 0.25) is 5.91 Å². The van der Waals surface area contributed by atoms with Gasteiger partial charge in [-0.2, -0.15) is 0 Å². The Morgan fingerprint density at radius 2 is 1.91 bits per heavy atom. The minimum Gasteiger partial charge on any atom is -0.365 e. The highest BCUT2D eigenvalue weighted by atomic mass is 35.5.